The number of rotatable bonds is 3. The lowest BCUT2D eigenvalue weighted by Crippen LogP contribution is -2.31. The maximum atomic E-state index is 6.01. The van der Waals surface area contributed by atoms with Crippen LogP contribution in [0.4, 0.5) is 0 Å². The van der Waals surface area contributed by atoms with Gasteiger partial charge in [0.2, 0.25) is 0 Å². The Bertz CT molecular complexity index is 225. The summed E-state index contributed by atoms with van der Waals surface area (Å²) < 4.78 is 17.4. The first-order chi connectivity index (χ1) is 7.93. The highest BCUT2D eigenvalue weighted by Crippen LogP contribution is 2.30. The van der Waals surface area contributed by atoms with Crippen LogP contribution < -0.4 is 0 Å². The van der Waals surface area contributed by atoms with Gasteiger partial charge >= 0.3 is 0 Å². The van der Waals surface area contributed by atoms with Gasteiger partial charge in [0.25, 0.3) is 0 Å². The fourth-order valence-electron chi connectivity index (χ4n) is 3.19. The predicted octanol–water partition coefficient (Wildman–Crippen LogP) is 2.14. The lowest BCUT2D eigenvalue weighted by molar-refractivity contribution is -0.0459. The van der Waals surface area contributed by atoms with Crippen molar-refractivity contribution in [3.63, 3.8) is 0 Å². The molecule has 3 fully saturated rings. The Kier molecular flexibility index (Phi) is 3.46. The molecule has 3 rings (SSSR count). The topological polar surface area (TPSA) is 27.7 Å². The largest absolute Gasteiger partial charge is 0.373 e. The first-order valence-corrected chi connectivity index (χ1v) is 6.78. The molecule has 2 saturated heterocycles. The maximum absolute atomic E-state index is 6.01. The van der Waals surface area contributed by atoms with Crippen molar-refractivity contribution >= 4 is 0 Å². The SMILES string of the molecule is C1CCC(COC2COC3CCOC32)CC1. The second kappa shape index (κ2) is 5.03. The summed E-state index contributed by atoms with van der Waals surface area (Å²) in [5.41, 5.74) is 0. The molecule has 0 radical (unpaired) electrons. The zero-order valence-corrected chi connectivity index (χ0v) is 9.90. The Hall–Kier alpha value is -0.120. The Balaban J connectivity index is 1.44. The van der Waals surface area contributed by atoms with Gasteiger partial charge in [-0.1, -0.05) is 19.3 Å². The molecule has 0 amide bonds. The van der Waals surface area contributed by atoms with E-state index >= 15 is 0 Å². The molecular weight excluding hydrogens is 204 g/mol. The van der Waals surface area contributed by atoms with Crippen LogP contribution in [0.5, 0.6) is 0 Å². The van der Waals surface area contributed by atoms with Crippen LogP contribution >= 0.6 is 0 Å². The van der Waals surface area contributed by atoms with Gasteiger partial charge in [0.1, 0.15) is 12.2 Å². The lowest BCUT2D eigenvalue weighted by atomic mass is 9.90. The summed E-state index contributed by atoms with van der Waals surface area (Å²) >= 11 is 0. The molecule has 3 aliphatic rings. The van der Waals surface area contributed by atoms with Crippen LogP contribution in [0.2, 0.25) is 0 Å². The number of ether oxygens (including phenoxy) is 3. The molecule has 1 saturated carbocycles. The maximum Gasteiger partial charge on any atom is 0.112 e. The van der Waals surface area contributed by atoms with E-state index in [0.717, 1.165) is 32.2 Å². The standard InChI is InChI=1S/C13H22O3/c1-2-4-10(5-3-1)8-15-12-9-16-11-6-7-14-13(11)12/h10-13H,1-9H2. The first kappa shape index (κ1) is 11.0. The van der Waals surface area contributed by atoms with Gasteiger partial charge in [-0.2, -0.15) is 0 Å². The van der Waals surface area contributed by atoms with Gasteiger partial charge in [-0.05, 0) is 25.2 Å². The Morgan fingerprint density at radius 3 is 2.75 bits per heavy atom. The summed E-state index contributed by atoms with van der Waals surface area (Å²) in [6, 6.07) is 0. The molecule has 0 aromatic heterocycles. The van der Waals surface area contributed by atoms with E-state index in [0.29, 0.717) is 6.10 Å². The van der Waals surface area contributed by atoms with Gasteiger partial charge in [-0.15, -0.1) is 0 Å². The molecule has 2 heterocycles. The van der Waals surface area contributed by atoms with Crippen molar-refractivity contribution in [2.24, 2.45) is 5.92 Å². The van der Waals surface area contributed by atoms with Gasteiger partial charge in [0.15, 0.2) is 0 Å². The van der Waals surface area contributed by atoms with Gasteiger partial charge < -0.3 is 14.2 Å². The van der Waals surface area contributed by atoms with Gasteiger partial charge in [0.05, 0.1) is 19.3 Å². The van der Waals surface area contributed by atoms with E-state index in [2.05, 4.69) is 0 Å². The van der Waals surface area contributed by atoms with Crippen LogP contribution in [-0.4, -0.2) is 38.1 Å². The average Bonchev–Trinajstić information content (AvgIpc) is 2.90. The van der Waals surface area contributed by atoms with Crippen molar-refractivity contribution in [1.29, 1.82) is 0 Å². The van der Waals surface area contributed by atoms with E-state index in [4.69, 9.17) is 14.2 Å². The molecule has 3 heteroatoms. The van der Waals surface area contributed by atoms with E-state index < -0.39 is 0 Å². The van der Waals surface area contributed by atoms with Crippen LogP contribution in [0.25, 0.3) is 0 Å². The van der Waals surface area contributed by atoms with Crippen LogP contribution in [0.1, 0.15) is 38.5 Å². The molecule has 0 bridgehead atoms. The quantitative estimate of drug-likeness (QED) is 0.738. The van der Waals surface area contributed by atoms with Crippen LogP contribution in [0, 0.1) is 5.92 Å². The first-order valence-electron chi connectivity index (χ1n) is 6.78. The van der Waals surface area contributed by atoms with Crippen LogP contribution in [0.3, 0.4) is 0 Å². The van der Waals surface area contributed by atoms with Crippen molar-refractivity contribution in [3.05, 3.63) is 0 Å². The molecule has 1 aliphatic carbocycles. The van der Waals surface area contributed by atoms with Gasteiger partial charge in [-0.3, -0.25) is 0 Å². The highest BCUT2D eigenvalue weighted by Gasteiger charge is 2.42. The van der Waals surface area contributed by atoms with E-state index in [9.17, 15) is 0 Å². The monoisotopic (exact) mass is 226 g/mol. The second-order valence-corrected chi connectivity index (χ2v) is 5.37. The minimum absolute atomic E-state index is 0.203. The summed E-state index contributed by atoms with van der Waals surface area (Å²) in [4.78, 5) is 0. The third kappa shape index (κ3) is 2.27. The molecule has 2 aliphatic heterocycles. The van der Waals surface area contributed by atoms with Crippen LogP contribution in [0.15, 0.2) is 0 Å². The number of fused-ring (bicyclic) bond motifs is 1. The Morgan fingerprint density at radius 1 is 1.00 bits per heavy atom. The zero-order valence-electron chi connectivity index (χ0n) is 9.90. The summed E-state index contributed by atoms with van der Waals surface area (Å²) in [5.74, 6) is 0.786. The number of hydrogen-bond acceptors (Lipinski definition) is 3. The highest BCUT2D eigenvalue weighted by molar-refractivity contribution is 4.89. The third-order valence-electron chi connectivity index (χ3n) is 4.19. The van der Waals surface area contributed by atoms with E-state index in [1.165, 1.54) is 32.1 Å². The lowest BCUT2D eigenvalue weighted by Gasteiger charge is -2.24. The molecule has 0 aromatic carbocycles. The molecular formula is C13H22O3. The molecule has 92 valence electrons. The molecule has 3 atom stereocenters. The molecule has 3 unspecified atom stereocenters. The Morgan fingerprint density at radius 2 is 1.88 bits per heavy atom. The predicted molar refractivity (Wildman–Crippen MR) is 60.4 cm³/mol. The summed E-state index contributed by atoms with van der Waals surface area (Å²) in [5, 5.41) is 0. The fraction of sp³-hybridized carbons (Fsp3) is 1.00. The van der Waals surface area contributed by atoms with Crippen molar-refractivity contribution in [3.8, 4) is 0 Å². The normalized spacial score (nSPS) is 40.1. The molecule has 0 N–H and O–H groups in total. The summed E-state index contributed by atoms with van der Waals surface area (Å²) in [7, 11) is 0. The average molecular weight is 226 g/mol. The smallest absolute Gasteiger partial charge is 0.112 e. The third-order valence-corrected chi connectivity index (χ3v) is 4.19. The summed E-state index contributed by atoms with van der Waals surface area (Å²) in [6.07, 6.45) is 8.68. The minimum atomic E-state index is 0.203. The molecule has 0 spiro atoms. The van der Waals surface area contributed by atoms with E-state index in [-0.39, 0.29) is 12.2 Å². The Labute approximate surface area is 97.4 Å². The minimum Gasteiger partial charge on any atom is -0.373 e. The highest BCUT2D eigenvalue weighted by atomic mass is 16.6. The van der Waals surface area contributed by atoms with E-state index in [1.807, 2.05) is 0 Å². The summed E-state index contributed by atoms with van der Waals surface area (Å²) in [6.45, 7) is 2.50. The van der Waals surface area contributed by atoms with E-state index in [1.54, 1.807) is 0 Å². The van der Waals surface area contributed by atoms with Gasteiger partial charge in [0, 0.05) is 6.61 Å². The number of hydrogen-bond donors (Lipinski definition) is 0. The van der Waals surface area contributed by atoms with Crippen molar-refractivity contribution in [2.45, 2.75) is 56.8 Å². The van der Waals surface area contributed by atoms with Crippen molar-refractivity contribution in [2.75, 3.05) is 19.8 Å². The molecule has 0 aromatic rings. The molecule has 16 heavy (non-hydrogen) atoms. The molecule has 3 nitrogen and oxygen atoms in total. The second-order valence-electron chi connectivity index (χ2n) is 5.37. The zero-order chi connectivity index (χ0) is 10.8. The van der Waals surface area contributed by atoms with Gasteiger partial charge in [-0.25, -0.2) is 0 Å². The van der Waals surface area contributed by atoms with Crippen molar-refractivity contribution in [1.82, 2.24) is 0 Å². The fourth-order valence-corrected chi connectivity index (χ4v) is 3.19. The van der Waals surface area contributed by atoms with Crippen molar-refractivity contribution < 1.29 is 14.2 Å². The van der Waals surface area contributed by atoms with Crippen LogP contribution in [-0.2, 0) is 14.2 Å².